The van der Waals surface area contributed by atoms with E-state index in [1.807, 2.05) is 4.90 Å². The molecule has 9 nitrogen and oxygen atoms in total. The monoisotopic (exact) mass is 491 g/mol. The van der Waals surface area contributed by atoms with Gasteiger partial charge < -0.3 is 14.5 Å². The van der Waals surface area contributed by atoms with Crippen LogP contribution in [0, 0.1) is 0 Å². The predicted octanol–water partition coefficient (Wildman–Crippen LogP) is 2.93. The number of ether oxygens (including phenoxy) is 1. The number of carbonyl (C=O) groups is 1. The number of rotatable bonds is 5. The second-order valence-electron chi connectivity index (χ2n) is 8.28. The van der Waals surface area contributed by atoms with Crippen LogP contribution in [0.1, 0.15) is 36.8 Å². The number of halogens is 3. The third-order valence-electron chi connectivity index (χ3n) is 6.23. The highest BCUT2D eigenvalue weighted by Crippen LogP contribution is 2.30. The van der Waals surface area contributed by atoms with Gasteiger partial charge in [-0.2, -0.15) is 15.0 Å². The summed E-state index contributed by atoms with van der Waals surface area (Å²) in [6.45, 7) is 3.34. The number of carbonyl (C=O) groups excluding carboxylic acids is 1. The Hall–Kier alpha value is -2.92. The molecule has 0 N–H and O–H groups in total. The van der Waals surface area contributed by atoms with Crippen molar-refractivity contribution in [2.45, 2.75) is 25.2 Å². The van der Waals surface area contributed by atoms with Crippen LogP contribution in [-0.4, -0.2) is 80.6 Å². The SMILES string of the molecule is O=C(CCl)N1CCC(c2nc(N3CCOCC3)nc(-n3c(C(F)F)nc4ccccc43)n2)CC1. The van der Waals surface area contributed by atoms with Gasteiger partial charge in [0.05, 0.1) is 24.2 Å². The van der Waals surface area contributed by atoms with Crippen LogP contribution in [-0.2, 0) is 9.53 Å². The van der Waals surface area contributed by atoms with E-state index in [4.69, 9.17) is 21.3 Å². The summed E-state index contributed by atoms with van der Waals surface area (Å²) < 4.78 is 34.7. The molecule has 180 valence electrons. The van der Waals surface area contributed by atoms with E-state index in [0.717, 1.165) is 0 Å². The third-order valence-corrected chi connectivity index (χ3v) is 6.46. The molecule has 1 aromatic carbocycles. The first-order valence-corrected chi connectivity index (χ1v) is 11.8. The normalized spacial score (nSPS) is 17.6. The van der Waals surface area contributed by atoms with Crippen molar-refractivity contribution in [1.29, 1.82) is 0 Å². The number of piperidine rings is 1. The van der Waals surface area contributed by atoms with Crippen LogP contribution >= 0.6 is 11.6 Å². The van der Waals surface area contributed by atoms with E-state index in [1.165, 1.54) is 4.57 Å². The minimum Gasteiger partial charge on any atom is -0.378 e. The van der Waals surface area contributed by atoms with Gasteiger partial charge in [0.25, 0.3) is 6.43 Å². The topological polar surface area (TPSA) is 89.3 Å². The molecular weight excluding hydrogens is 468 g/mol. The highest BCUT2D eigenvalue weighted by Gasteiger charge is 2.29. The Balaban J connectivity index is 1.58. The molecule has 4 heterocycles. The van der Waals surface area contributed by atoms with E-state index in [-0.39, 0.29) is 23.7 Å². The number of likely N-dealkylation sites (tertiary alicyclic amines) is 1. The third kappa shape index (κ3) is 4.41. The van der Waals surface area contributed by atoms with E-state index < -0.39 is 12.2 Å². The predicted molar refractivity (Wildman–Crippen MR) is 122 cm³/mol. The molecule has 12 heteroatoms. The summed E-state index contributed by atoms with van der Waals surface area (Å²) >= 11 is 5.70. The first-order valence-electron chi connectivity index (χ1n) is 11.2. The number of benzene rings is 1. The minimum atomic E-state index is -2.80. The van der Waals surface area contributed by atoms with Crippen molar-refractivity contribution < 1.29 is 18.3 Å². The molecule has 2 aliphatic rings. The molecule has 0 radical (unpaired) electrons. The van der Waals surface area contributed by atoms with E-state index in [2.05, 4.69) is 15.0 Å². The maximum Gasteiger partial charge on any atom is 0.296 e. The highest BCUT2D eigenvalue weighted by atomic mass is 35.5. The molecule has 2 aromatic heterocycles. The Kier molecular flexibility index (Phi) is 6.55. The molecule has 2 saturated heterocycles. The Bertz CT molecular complexity index is 1180. The average Bonchev–Trinajstić information content (AvgIpc) is 3.29. The number of nitrogens with zero attached hydrogens (tertiary/aromatic N) is 7. The molecule has 2 aliphatic heterocycles. The quantitative estimate of drug-likeness (QED) is 0.507. The van der Waals surface area contributed by atoms with E-state index in [0.29, 0.717) is 75.0 Å². The number of hydrogen-bond acceptors (Lipinski definition) is 7. The van der Waals surface area contributed by atoms with Gasteiger partial charge >= 0.3 is 0 Å². The summed E-state index contributed by atoms with van der Waals surface area (Å²) in [7, 11) is 0. The number of imidazole rings is 1. The van der Waals surface area contributed by atoms with Gasteiger partial charge in [-0.15, -0.1) is 11.6 Å². The molecular formula is C22H24ClF2N7O2. The molecule has 5 rings (SSSR count). The fourth-order valence-corrected chi connectivity index (χ4v) is 4.60. The molecule has 0 atom stereocenters. The summed E-state index contributed by atoms with van der Waals surface area (Å²) in [5.74, 6) is 0.487. The van der Waals surface area contributed by atoms with Crippen LogP contribution in [0.5, 0.6) is 0 Å². The zero-order valence-electron chi connectivity index (χ0n) is 18.4. The largest absolute Gasteiger partial charge is 0.378 e. The van der Waals surface area contributed by atoms with Crippen LogP contribution in [0.15, 0.2) is 24.3 Å². The van der Waals surface area contributed by atoms with Crippen LogP contribution in [0.2, 0.25) is 0 Å². The van der Waals surface area contributed by atoms with Crippen molar-refractivity contribution in [1.82, 2.24) is 29.4 Å². The fourth-order valence-electron chi connectivity index (χ4n) is 4.43. The lowest BCUT2D eigenvalue weighted by atomic mass is 9.96. The van der Waals surface area contributed by atoms with Crippen molar-refractivity contribution in [2.24, 2.45) is 0 Å². The number of alkyl halides is 3. The van der Waals surface area contributed by atoms with Gasteiger partial charge in [-0.1, -0.05) is 12.1 Å². The van der Waals surface area contributed by atoms with E-state index >= 15 is 0 Å². The van der Waals surface area contributed by atoms with E-state index in [9.17, 15) is 13.6 Å². The number of amides is 1. The molecule has 1 amide bonds. The second-order valence-corrected chi connectivity index (χ2v) is 8.54. The molecule has 3 aromatic rings. The van der Waals surface area contributed by atoms with Crippen LogP contribution in [0.4, 0.5) is 14.7 Å². The van der Waals surface area contributed by atoms with Crippen LogP contribution in [0.25, 0.3) is 17.0 Å². The number of hydrogen-bond donors (Lipinski definition) is 0. The minimum absolute atomic E-state index is 0.0364. The van der Waals surface area contributed by atoms with Crippen molar-refractivity contribution >= 4 is 34.5 Å². The molecule has 0 saturated carbocycles. The fraction of sp³-hybridized carbons (Fsp3) is 0.500. The number of aromatic nitrogens is 5. The maximum absolute atomic E-state index is 14.0. The van der Waals surface area contributed by atoms with Gasteiger partial charge in [0.1, 0.15) is 11.7 Å². The smallest absolute Gasteiger partial charge is 0.296 e. The zero-order valence-corrected chi connectivity index (χ0v) is 19.2. The van der Waals surface area contributed by atoms with Crippen molar-refractivity contribution in [3.63, 3.8) is 0 Å². The van der Waals surface area contributed by atoms with Gasteiger partial charge in [-0.05, 0) is 25.0 Å². The van der Waals surface area contributed by atoms with Crippen molar-refractivity contribution in [3.8, 4) is 5.95 Å². The highest BCUT2D eigenvalue weighted by molar-refractivity contribution is 6.27. The zero-order chi connectivity index (χ0) is 23.7. The number of anilines is 1. The van der Waals surface area contributed by atoms with Gasteiger partial charge in [0.2, 0.25) is 17.8 Å². The lowest BCUT2D eigenvalue weighted by Gasteiger charge is -2.32. The number of para-hydroxylation sites is 2. The summed E-state index contributed by atoms with van der Waals surface area (Å²) in [6.07, 6.45) is -1.49. The van der Waals surface area contributed by atoms with Gasteiger partial charge in [0, 0.05) is 32.1 Å². The number of morpholine rings is 1. The van der Waals surface area contributed by atoms with Crippen LogP contribution in [0.3, 0.4) is 0 Å². The summed E-state index contributed by atoms with van der Waals surface area (Å²) in [5, 5.41) is 0. The van der Waals surface area contributed by atoms with Gasteiger partial charge in [-0.25, -0.2) is 13.8 Å². The first-order chi connectivity index (χ1) is 16.5. The summed E-state index contributed by atoms with van der Waals surface area (Å²) in [6, 6.07) is 6.93. The lowest BCUT2D eigenvalue weighted by Crippen LogP contribution is -2.40. The maximum atomic E-state index is 14.0. The van der Waals surface area contributed by atoms with Gasteiger partial charge in [-0.3, -0.25) is 9.36 Å². The number of fused-ring (bicyclic) bond motifs is 1. The molecule has 0 spiro atoms. The molecule has 0 aliphatic carbocycles. The Morgan fingerprint density at radius 1 is 1.03 bits per heavy atom. The first kappa shape index (κ1) is 22.9. The Morgan fingerprint density at radius 2 is 1.74 bits per heavy atom. The van der Waals surface area contributed by atoms with Crippen LogP contribution < -0.4 is 4.90 Å². The average molecular weight is 492 g/mol. The molecule has 2 fully saturated rings. The standard InChI is InChI=1S/C22H24ClF2N7O2/c23-13-17(33)30-7-5-14(6-8-30)19-27-21(31-9-11-34-12-10-31)29-22(28-19)32-16-4-2-1-3-15(16)26-20(32)18(24)25/h1-4,14,18H,5-13H2. The van der Waals surface area contributed by atoms with Gasteiger partial charge in [0.15, 0.2) is 5.82 Å². The molecule has 34 heavy (non-hydrogen) atoms. The van der Waals surface area contributed by atoms with E-state index in [1.54, 1.807) is 29.2 Å². The van der Waals surface area contributed by atoms with Crippen molar-refractivity contribution in [3.05, 3.63) is 35.9 Å². The molecule has 0 unspecified atom stereocenters. The van der Waals surface area contributed by atoms with Crippen molar-refractivity contribution in [2.75, 3.05) is 50.2 Å². The molecule has 0 bridgehead atoms. The lowest BCUT2D eigenvalue weighted by molar-refractivity contribution is -0.129. The Labute approximate surface area is 199 Å². The summed E-state index contributed by atoms with van der Waals surface area (Å²) in [5.41, 5.74) is 0.950. The Morgan fingerprint density at radius 3 is 2.44 bits per heavy atom. The summed E-state index contributed by atoms with van der Waals surface area (Å²) in [4.78, 5) is 33.8. The second kappa shape index (κ2) is 9.75.